The van der Waals surface area contributed by atoms with E-state index in [4.69, 9.17) is 0 Å². The number of hydrogen-bond acceptors (Lipinski definition) is 2. The lowest BCUT2D eigenvalue weighted by Gasteiger charge is -2.56. The summed E-state index contributed by atoms with van der Waals surface area (Å²) in [6.45, 7) is 2.03. The Kier molecular flexibility index (Phi) is 4.76. The Labute approximate surface area is 156 Å². The van der Waals surface area contributed by atoms with E-state index in [2.05, 4.69) is 10.6 Å². The Morgan fingerprint density at radius 3 is 2.15 bits per heavy atom. The molecule has 1 atom stereocenters. The molecule has 5 rings (SSSR count). The van der Waals surface area contributed by atoms with E-state index >= 15 is 0 Å². The van der Waals surface area contributed by atoms with Crippen LogP contribution in [0.2, 0.25) is 0 Å². The summed E-state index contributed by atoms with van der Waals surface area (Å²) >= 11 is 0. The van der Waals surface area contributed by atoms with Gasteiger partial charge in [-0.3, -0.25) is 9.59 Å². The van der Waals surface area contributed by atoms with Gasteiger partial charge in [0.05, 0.1) is 12.6 Å². The number of nitrogens with one attached hydrogen (secondary N) is 2. The maximum absolute atomic E-state index is 12.5. The molecule has 4 heteroatoms. The zero-order valence-electron chi connectivity index (χ0n) is 15.7. The van der Waals surface area contributed by atoms with Crippen molar-refractivity contribution in [2.75, 3.05) is 6.54 Å². The predicted molar refractivity (Wildman–Crippen MR) is 101 cm³/mol. The highest BCUT2D eigenvalue weighted by Crippen LogP contribution is 2.61. The van der Waals surface area contributed by atoms with Gasteiger partial charge in [0.1, 0.15) is 0 Å². The van der Waals surface area contributed by atoms with Crippen LogP contribution in [0.3, 0.4) is 0 Å². The predicted octanol–water partition coefficient (Wildman–Crippen LogP) is 3.59. The SMILES string of the molecule is C[C@H](NC(=O)CNC(=O)CC12CC3CC(CC(C3)C1)C2)c1ccccc1. The molecule has 4 bridgehead atoms. The van der Waals surface area contributed by atoms with Crippen molar-refractivity contribution in [1.29, 1.82) is 0 Å². The van der Waals surface area contributed by atoms with Gasteiger partial charge in [-0.05, 0) is 74.2 Å². The molecule has 1 aromatic carbocycles. The monoisotopic (exact) mass is 354 g/mol. The summed E-state index contributed by atoms with van der Waals surface area (Å²) in [5.41, 5.74) is 1.30. The Morgan fingerprint density at radius 1 is 1.00 bits per heavy atom. The van der Waals surface area contributed by atoms with Crippen molar-refractivity contribution in [3.8, 4) is 0 Å². The first-order valence-electron chi connectivity index (χ1n) is 10.1. The van der Waals surface area contributed by atoms with E-state index < -0.39 is 0 Å². The van der Waals surface area contributed by atoms with E-state index in [1.807, 2.05) is 37.3 Å². The van der Waals surface area contributed by atoms with E-state index in [0.717, 1.165) is 23.3 Å². The van der Waals surface area contributed by atoms with Crippen molar-refractivity contribution in [3.63, 3.8) is 0 Å². The standard InChI is InChI=1S/C22H30N2O2/c1-15(19-5-3-2-4-6-19)24-21(26)14-23-20(25)13-22-10-16-7-17(11-22)9-18(8-16)12-22/h2-6,15-18H,7-14H2,1H3,(H,23,25)(H,24,26)/t15-,16?,17?,18?,22?/m0/s1. The van der Waals surface area contributed by atoms with Gasteiger partial charge in [0.15, 0.2) is 0 Å². The minimum Gasteiger partial charge on any atom is -0.348 e. The van der Waals surface area contributed by atoms with Crippen LogP contribution < -0.4 is 10.6 Å². The number of carbonyl (C=O) groups excluding carboxylic acids is 2. The van der Waals surface area contributed by atoms with E-state index in [1.165, 1.54) is 38.5 Å². The average molecular weight is 354 g/mol. The fraction of sp³-hybridized carbons (Fsp3) is 0.636. The Hall–Kier alpha value is -1.84. The van der Waals surface area contributed by atoms with Crippen LogP contribution >= 0.6 is 0 Å². The number of carbonyl (C=O) groups is 2. The second-order valence-corrected chi connectivity index (χ2v) is 9.07. The molecule has 0 aromatic heterocycles. The fourth-order valence-corrected chi connectivity index (χ4v) is 6.21. The van der Waals surface area contributed by atoms with Gasteiger partial charge < -0.3 is 10.6 Å². The molecular weight excluding hydrogens is 324 g/mol. The van der Waals surface area contributed by atoms with E-state index in [-0.39, 0.29) is 29.8 Å². The summed E-state index contributed by atoms with van der Waals surface area (Å²) in [4.78, 5) is 24.7. The van der Waals surface area contributed by atoms with Crippen molar-refractivity contribution in [3.05, 3.63) is 35.9 Å². The maximum Gasteiger partial charge on any atom is 0.239 e. The molecular formula is C22H30N2O2. The van der Waals surface area contributed by atoms with Crippen molar-refractivity contribution in [1.82, 2.24) is 10.6 Å². The largest absolute Gasteiger partial charge is 0.348 e. The molecule has 0 heterocycles. The summed E-state index contributed by atoms with van der Waals surface area (Å²) in [6.07, 6.45) is 8.46. The summed E-state index contributed by atoms with van der Waals surface area (Å²) in [6, 6.07) is 9.83. The van der Waals surface area contributed by atoms with Crippen molar-refractivity contribution >= 4 is 11.8 Å². The van der Waals surface area contributed by atoms with Gasteiger partial charge in [0.2, 0.25) is 11.8 Å². The lowest BCUT2D eigenvalue weighted by atomic mass is 9.49. The summed E-state index contributed by atoms with van der Waals surface area (Å²) in [7, 11) is 0. The quantitative estimate of drug-likeness (QED) is 0.820. The van der Waals surface area contributed by atoms with Crippen LogP contribution in [-0.2, 0) is 9.59 Å². The van der Waals surface area contributed by atoms with Crippen LogP contribution in [0, 0.1) is 23.2 Å². The third kappa shape index (κ3) is 3.79. The zero-order valence-corrected chi connectivity index (χ0v) is 15.7. The van der Waals surface area contributed by atoms with Crippen LogP contribution in [0.1, 0.15) is 63.5 Å². The molecule has 0 saturated heterocycles. The number of hydrogen-bond donors (Lipinski definition) is 2. The molecule has 4 aliphatic carbocycles. The van der Waals surface area contributed by atoms with Gasteiger partial charge in [-0.1, -0.05) is 30.3 Å². The second-order valence-electron chi connectivity index (χ2n) is 9.07. The highest BCUT2D eigenvalue weighted by molar-refractivity contribution is 5.85. The molecule has 140 valence electrons. The van der Waals surface area contributed by atoms with Crippen LogP contribution in [0.5, 0.6) is 0 Å². The molecule has 4 aliphatic rings. The highest BCUT2D eigenvalue weighted by atomic mass is 16.2. The first-order valence-corrected chi connectivity index (χ1v) is 10.1. The average Bonchev–Trinajstić information content (AvgIpc) is 2.59. The lowest BCUT2D eigenvalue weighted by Crippen LogP contribution is -2.48. The minimum absolute atomic E-state index is 0.0504. The minimum atomic E-state index is -0.125. The van der Waals surface area contributed by atoms with Crippen LogP contribution in [0.4, 0.5) is 0 Å². The maximum atomic E-state index is 12.5. The first-order chi connectivity index (χ1) is 12.5. The van der Waals surface area contributed by atoms with Gasteiger partial charge in [-0.2, -0.15) is 0 Å². The molecule has 26 heavy (non-hydrogen) atoms. The summed E-state index contributed by atoms with van der Waals surface area (Å²) in [5.74, 6) is 2.48. The van der Waals surface area contributed by atoms with Gasteiger partial charge in [-0.25, -0.2) is 0 Å². The van der Waals surface area contributed by atoms with Gasteiger partial charge >= 0.3 is 0 Å². The van der Waals surface area contributed by atoms with Crippen molar-refractivity contribution in [2.24, 2.45) is 23.2 Å². The molecule has 2 N–H and O–H groups in total. The molecule has 2 amide bonds. The van der Waals surface area contributed by atoms with E-state index in [9.17, 15) is 9.59 Å². The first kappa shape index (κ1) is 17.6. The number of benzene rings is 1. The van der Waals surface area contributed by atoms with E-state index in [0.29, 0.717) is 6.42 Å². The third-order valence-electron chi connectivity index (χ3n) is 6.82. The zero-order chi connectivity index (χ0) is 18.1. The lowest BCUT2D eigenvalue weighted by molar-refractivity contribution is -0.132. The van der Waals surface area contributed by atoms with Crippen molar-refractivity contribution < 1.29 is 9.59 Å². The van der Waals surface area contributed by atoms with Crippen molar-refractivity contribution in [2.45, 2.75) is 57.9 Å². The molecule has 1 aromatic rings. The molecule has 0 spiro atoms. The normalized spacial score (nSPS) is 32.9. The Balaban J connectivity index is 1.25. The number of rotatable bonds is 6. The molecule has 0 radical (unpaired) electrons. The third-order valence-corrected chi connectivity index (χ3v) is 6.82. The highest BCUT2D eigenvalue weighted by Gasteiger charge is 2.51. The Morgan fingerprint density at radius 2 is 1.58 bits per heavy atom. The topological polar surface area (TPSA) is 58.2 Å². The Bertz CT molecular complexity index is 635. The van der Waals surface area contributed by atoms with Gasteiger partial charge in [-0.15, -0.1) is 0 Å². The fourth-order valence-electron chi connectivity index (χ4n) is 6.21. The van der Waals surface area contributed by atoms with Gasteiger partial charge in [0.25, 0.3) is 0 Å². The van der Waals surface area contributed by atoms with Crippen LogP contribution in [-0.4, -0.2) is 18.4 Å². The summed E-state index contributed by atoms with van der Waals surface area (Å²) in [5, 5.41) is 5.82. The molecule has 4 saturated carbocycles. The van der Waals surface area contributed by atoms with Crippen LogP contribution in [0.25, 0.3) is 0 Å². The molecule has 4 nitrogen and oxygen atoms in total. The number of amides is 2. The van der Waals surface area contributed by atoms with Gasteiger partial charge in [0, 0.05) is 6.42 Å². The molecule has 0 aliphatic heterocycles. The second kappa shape index (κ2) is 7.05. The smallest absolute Gasteiger partial charge is 0.239 e. The van der Waals surface area contributed by atoms with Crippen LogP contribution in [0.15, 0.2) is 30.3 Å². The van der Waals surface area contributed by atoms with E-state index in [1.54, 1.807) is 0 Å². The summed E-state index contributed by atoms with van der Waals surface area (Å²) < 4.78 is 0. The molecule has 4 fully saturated rings. The molecule has 0 unspecified atom stereocenters.